The zero-order valence-corrected chi connectivity index (χ0v) is 16.1. The highest BCUT2D eigenvalue weighted by atomic mass is 19.4. The summed E-state index contributed by atoms with van der Waals surface area (Å²) in [4.78, 5) is 25.5. The lowest BCUT2D eigenvalue weighted by atomic mass is 9.92. The molecule has 2 aromatic carbocycles. The minimum Gasteiger partial charge on any atom is -0.435 e. The van der Waals surface area contributed by atoms with E-state index in [1.54, 1.807) is 0 Å². The molecule has 166 valence electrons. The number of urea groups is 1. The van der Waals surface area contributed by atoms with Crippen molar-refractivity contribution in [1.29, 1.82) is 0 Å². The van der Waals surface area contributed by atoms with Gasteiger partial charge in [0.1, 0.15) is 11.8 Å². The van der Waals surface area contributed by atoms with Crippen LogP contribution in [0.25, 0.3) is 0 Å². The van der Waals surface area contributed by atoms with Crippen molar-refractivity contribution >= 4 is 17.6 Å². The standard InChI is InChI=1S/C20H18F5N3O3/c1-10(11-3-2-4-14(7-11)31-18(21)22)28-16-9-13(20(23,24)25)6-5-12(16)8-15(17(28)29)27-19(26)30/h2-7,9-10,15,18H,8H2,1H3,(H3,26,27,30)/t10-,15+/m0/s1. The van der Waals surface area contributed by atoms with Gasteiger partial charge in [0, 0.05) is 12.1 Å². The molecule has 0 saturated carbocycles. The van der Waals surface area contributed by atoms with Crippen molar-refractivity contribution in [3.63, 3.8) is 0 Å². The van der Waals surface area contributed by atoms with Crippen LogP contribution in [0.3, 0.4) is 0 Å². The number of nitrogens with two attached hydrogens (primary N) is 1. The van der Waals surface area contributed by atoms with Gasteiger partial charge in [-0.1, -0.05) is 18.2 Å². The molecule has 0 saturated heterocycles. The Bertz CT molecular complexity index is 996. The van der Waals surface area contributed by atoms with Crippen molar-refractivity contribution in [2.45, 2.75) is 38.2 Å². The van der Waals surface area contributed by atoms with Crippen LogP contribution in [0.15, 0.2) is 42.5 Å². The van der Waals surface area contributed by atoms with Crippen LogP contribution in [-0.4, -0.2) is 24.6 Å². The Morgan fingerprint density at radius 3 is 2.55 bits per heavy atom. The van der Waals surface area contributed by atoms with E-state index >= 15 is 0 Å². The Morgan fingerprint density at radius 2 is 1.94 bits per heavy atom. The monoisotopic (exact) mass is 443 g/mol. The Balaban J connectivity index is 2.07. The molecule has 0 unspecified atom stereocenters. The highest BCUT2D eigenvalue weighted by Gasteiger charge is 2.39. The lowest BCUT2D eigenvalue weighted by Crippen LogP contribution is -2.54. The van der Waals surface area contributed by atoms with Crippen molar-refractivity contribution < 1.29 is 36.3 Å². The van der Waals surface area contributed by atoms with Gasteiger partial charge >= 0.3 is 18.8 Å². The molecule has 11 heteroatoms. The summed E-state index contributed by atoms with van der Waals surface area (Å²) < 4.78 is 69.3. The first-order chi connectivity index (χ1) is 14.5. The molecule has 2 aromatic rings. The fourth-order valence-electron chi connectivity index (χ4n) is 3.51. The van der Waals surface area contributed by atoms with Crippen molar-refractivity contribution in [2.24, 2.45) is 5.73 Å². The maximum atomic E-state index is 13.3. The smallest absolute Gasteiger partial charge is 0.416 e. The van der Waals surface area contributed by atoms with E-state index in [-0.39, 0.29) is 17.9 Å². The number of nitrogens with one attached hydrogen (secondary N) is 1. The van der Waals surface area contributed by atoms with Gasteiger partial charge in [0.25, 0.3) is 5.91 Å². The van der Waals surface area contributed by atoms with Gasteiger partial charge in [-0.05, 0) is 42.3 Å². The van der Waals surface area contributed by atoms with E-state index in [1.807, 2.05) is 0 Å². The number of amides is 3. The van der Waals surface area contributed by atoms with Crippen LogP contribution < -0.4 is 20.7 Å². The molecule has 2 atom stereocenters. The first-order valence-corrected chi connectivity index (χ1v) is 9.11. The molecule has 1 aliphatic rings. The molecule has 0 aromatic heterocycles. The van der Waals surface area contributed by atoms with Crippen LogP contribution in [-0.2, 0) is 17.4 Å². The van der Waals surface area contributed by atoms with Gasteiger partial charge < -0.3 is 20.7 Å². The molecule has 3 rings (SSSR count). The van der Waals surface area contributed by atoms with E-state index in [0.29, 0.717) is 11.1 Å². The molecule has 0 spiro atoms. The number of fused-ring (bicyclic) bond motifs is 1. The number of carbonyl (C=O) groups excluding carboxylic acids is 2. The summed E-state index contributed by atoms with van der Waals surface area (Å²) in [5.41, 5.74) is 4.92. The number of anilines is 1. The average Bonchev–Trinajstić information content (AvgIpc) is 2.66. The van der Waals surface area contributed by atoms with Crippen molar-refractivity contribution in [3.8, 4) is 5.75 Å². The van der Waals surface area contributed by atoms with Crippen molar-refractivity contribution in [2.75, 3.05) is 4.90 Å². The third kappa shape index (κ3) is 4.86. The first kappa shape index (κ1) is 22.3. The zero-order chi connectivity index (χ0) is 22.9. The number of hydrogen-bond acceptors (Lipinski definition) is 3. The minimum absolute atomic E-state index is 0.00928. The van der Waals surface area contributed by atoms with Crippen LogP contribution in [0.2, 0.25) is 0 Å². The van der Waals surface area contributed by atoms with Gasteiger partial charge in [0.15, 0.2) is 0 Å². The fourth-order valence-corrected chi connectivity index (χ4v) is 3.51. The Hall–Kier alpha value is -3.37. The summed E-state index contributed by atoms with van der Waals surface area (Å²) >= 11 is 0. The number of ether oxygens (including phenoxy) is 1. The summed E-state index contributed by atoms with van der Waals surface area (Å²) in [6.07, 6.45) is -4.69. The highest BCUT2D eigenvalue weighted by Crippen LogP contribution is 2.39. The van der Waals surface area contributed by atoms with Crippen LogP contribution in [0.4, 0.5) is 32.4 Å². The van der Waals surface area contributed by atoms with Crippen LogP contribution in [0, 0.1) is 0 Å². The maximum Gasteiger partial charge on any atom is 0.416 e. The van der Waals surface area contributed by atoms with E-state index in [2.05, 4.69) is 10.1 Å². The van der Waals surface area contributed by atoms with E-state index in [9.17, 15) is 31.5 Å². The van der Waals surface area contributed by atoms with E-state index in [0.717, 1.165) is 17.0 Å². The largest absolute Gasteiger partial charge is 0.435 e. The molecule has 3 N–H and O–H groups in total. The zero-order valence-electron chi connectivity index (χ0n) is 16.1. The molecule has 0 bridgehead atoms. The molecule has 1 aliphatic heterocycles. The Morgan fingerprint density at radius 1 is 1.23 bits per heavy atom. The molecular weight excluding hydrogens is 425 g/mol. The number of halogens is 5. The predicted octanol–water partition coefficient (Wildman–Crippen LogP) is 3.99. The molecule has 0 radical (unpaired) electrons. The first-order valence-electron chi connectivity index (χ1n) is 9.11. The summed E-state index contributed by atoms with van der Waals surface area (Å²) in [6, 6.07) is 5.54. The SMILES string of the molecule is C[C@@H](c1cccc(OC(F)F)c1)N1C(=O)[C@H](NC(N)=O)Cc2ccc(C(F)(F)F)cc21. The number of nitrogens with zero attached hydrogens (tertiary/aromatic N) is 1. The van der Waals surface area contributed by atoms with Gasteiger partial charge in [-0.2, -0.15) is 22.0 Å². The number of benzene rings is 2. The van der Waals surface area contributed by atoms with E-state index < -0.39 is 42.4 Å². The van der Waals surface area contributed by atoms with E-state index in [1.165, 1.54) is 37.3 Å². The van der Waals surface area contributed by atoms with Gasteiger partial charge in [0.2, 0.25) is 0 Å². The van der Waals surface area contributed by atoms with Gasteiger partial charge in [-0.3, -0.25) is 4.79 Å². The summed E-state index contributed by atoms with van der Waals surface area (Å²) in [5, 5.41) is 2.29. The normalized spacial score (nSPS) is 17.3. The van der Waals surface area contributed by atoms with E-state index in [4.69, 9.17) is 5.73 Å². The maximum absolute atomic E-state index is 13.3. The molecule has 6 nitrogen and oxygen atoms in total. The van der Waals surface area contributed by atoms with Crippen molar-refractivity contribution in [3.05, 3.63) is 59.2 Å². The molecule has 31 heavy (non-hydrogen) atoms. The number of hydrogen-bond donors (Lipinski definition) is 2. The molecule has 0 fully saturated rings. The van der Waals surface area contributed by atoms with Gasteiger partial charge in [0.05, 0.1) is 11.6 Å². The second kappa shape index (κ2) is 8.40. The number of alkyl halides is 5. The summed E-state index contributed by atoms with van der Waals surface area (Å²) in [5.74, 6) is -0.849. The van der Waals surface area contributed by atoms with Crippen LogP contribution >= 0.6 is 0 Å². The molecular formula is C20H18F5N3O3. The predicted molar refractivity (Wildman–Crippen MR) is 101 cm³/mol. The van der Waals surface area contributed by atoms with Crippen molar-refractivity contribution in [1.82, 2.24) is 5.32 Å². The third-order valence-corrected chi connectivity index (χ3v) is 4.90. The summed E-state index contributed by atoms with van der Waals surface area (Å²) in [7, 11) is 0. The minimum atomic E-state index is -4.64. The fraction of sp³-hybridized carbons (Fsp3) is 0.300. The van der Waals surface area contributed by atoms with Crippen LogP contribution in [0.5, 0.6) is 5.75 Å². The Labute approximate surface area is 173 Å². The number of rotatable bonds is 5. The topological polar surface area (TPSA) is 84.7 Å². The third-order valence-electron chi connectivity index (χ3n) is 4.90. The molecule has 3 amide bonds. The second-order valence-electron chi connectivity index (χ2n) is 6.94. The quantitative estimate of drug-likeness (QED) is 0.686. The number of carbonyl (C=O) groups is 2. The number of primary amides is 1. The Kier molecular flexibility index (Phi) is 6.05. The average molecular weight is 443 g/mol. The lowest BCUT2D eigenvalue weighted by Gasteiger charge is -2.38. The summed E-state index contributed by atoms with van der Waals surface area (Å²) in [6.45, 7) is -1.54. The lowest BCUT2D eigenvalue weighted by molar-refractivity contribution is -0.137. The highest BCUT2D eigenvalue weighted by molar-refractivity contribution is 6.02. The molecule has 0 aliphatic carbocycles. The second-order valence-corrected chi connectivity index (χ2v) is 6.94. The van der Waals surface area contributed by atoms with Crippen LogP contribution in [0.1, 0.15) is 29.7 Å². The van der Waals surface area contributed by atoms with Gasteiger partial charge in [-0.25, -0.2) is 4.79 Å². The molecule has 1 heterocycles. The van der Waals surface area contributed by atoms with Gasteiger partial charge in [-0.15, -0.1) is 0 Å².